The molecule has 4 aliphatic rings. The van der Waals surface area contributed by atoms with E-state index in [1.807, 2.05) is 24.3 Å². The van der Waals surface area contributed by atoms with Gasteiger partial charge in [-0.3, -0.25) is 4.90 Å². The van der Waals surface area contributed by atoms with Crippen molar-refractivity contribution in [3.05, 3.63) is 53.1 Å². The summed E-state index contributed by atoms with van der Waals surface area (Å²) in [6.07, 6.45) is 7.34. The molecule has 0 saturated carbocycles. The van der Waals surface area contributed by atoms with Crippen LogP contribution in [0.3, 0.4) is 0 Å². The van der Waals surface area contributed by atoms with Crippen LogP contribution < -0.4 is 5.73 Å². The molecule has 5 rings (SSSR count). The van der Waals surface area contributed by atoms with Crippen LogP contribution in [0.25, 0.3) is 0 Å². The molecule has 3 heterocycles. The molecule has 3 aliphatic heterocycles. The molecule has 0 radical (unpaired) electrons. The Morgan fingerprint density at radius 3 is 2.88 bits per heavy atom. The number of hydrogen-bond donors (Lipinski definition) is 1. The largest absolute Gasteiger partial charge is 0.447 e. The molecular weight excluding hydrogens is 300 g/mol. The number of nitrogens with zero attached hydrogens (tertiary/aromatic N) is 1. The van der Waals surface area contributed by atoms with Crippen molar-refractivity contribution in [3.63, 3.8) is 0 Å². The number of benzene rings is 1. The first-order chi connectivity index (χ1) is 11.7. The molecule has 24 heavy (non-hydrogen) atoms. The summed E-state index contributed by atoms with van der Waals surface area (Å²) in [6.45, 7) is 1.08. The summed E-state index contributed by atoms with van der Waals surface area (Å²) in [4.78, 5) is 14.4. The van der Waals surface area contributed by atoms with Crippen LogP contribution in [-0.4, -0.2) is 35.1 Å². The van der Waals surface area contributed by atoms with Crippen LogP contribution in [0.1, 0.15) is 24.8 Å². The minimum absolute atomic E-state index is 0.163. The van der Waals surface area contributed by atoms with Gasteiger partial charge in [-0.25, -0.2) is 4.79 Å². The number of nitrogen functional groups attached to an aromatic ring is 1. The molecule has 2 fully saturated rings. The maximum atomic E-state index is 12.0. The number of ether oxygens (including phenoxy) is 1. The summed E-state index contributed by atoms with van der Waals surface area (Å²) < 4.78 is 5.83. The minimum atomic E-state index is -0.456. The zero-order chi connectivity index (χ0) is 16.3. The molecule has 2 N–H and O–H groups in total. The van der Waals surface area contributed by atoms with Crippen molar-refractivity contribution in [1.29, 1.82) is 0 Å². The van der Waals surface area contributed by atoms with E-state index in [1.165, 1.54) is 12.8 Å². The summed E-state index contributed by atoms with van der Waals surface area (Å²) in [7, 11) is 0. The molecule has 3 atom stereocenters. The first-order valence-corrected chi connectivity index (χ1v) is 8.49. The molecule has 4 nitrogen and oxygen atoms in total. The highest BCUT2D eigenvalue weighted by atomic mass is 16.6. The van der Waals surface area contributed by atoms with Crippen LogP contribution >= 0.6 is 0 Å². The third-order valence-electron chi connectivity index (χ3n) is 5.66. The van der Waals surface area contributed by atoms with E-state index < -0.39 is 5.60 Å². The molecule has 1 aromatic rings. The normalized spacial score (nSPS) is 33.1. The van der Waals surface area contributed by atoms with Crippen molar-refractivity contribution in [2.24, 2.45) is 0 Å². The third-order valence-corrected chi connectivity index (χ3v) is 5.66. The molecule has 1 spiro atoms. The molecule has 1 aromatic carbocycles. The van der Waals surface area contributed by atoms with Crippen molar-refractivity contribution in [1.82, 2.24) is 4.90 Å². The molecule has 4 heteroatoms. The second kappa shape index (κ2) is 4.75. The van der Waals surface area contributed by atoms with Crippen molar-refractivity contribution in [3.8, 4) is 11.8 Å². The van der Waals surface area contributed by atoms with Gasteiger partial charge in [-0.2, -0.15) is 0 Å². The number of hydrogen-bond acceptors (Lipinski definition) is 4. The minimum Gasteiger partial charge on any atom is -0.447 e. The average molecular weight is 318 g/mol. The van der Waals surface area contributed by atoms with Gasteiger partial charge in [0.1, 0.15) is 0 Å². The summed E-state index contributed by atoms with van der Waals surface area (Å²) in [5.74, 6) is 6.22. The van der Waals surface area contributed by atoms with E-state index in [9.17, 15) is 4.79 Å². The fraction of sp³-hybridized carbons (Fsp3) is 0.350. The SMILES string of the molecule is Nc1ccc(C#CC2=C[C@H]3N4CCCC[C@@H]4C34OC(=O)C=C24)cc1. The van der Waals surface area contributed by atoms with E-state index in [2.05, 4.69) is 22.8 Å². The number of fused-ring (bicyclic) bond motifs is 2. The van der Waals surface area contributed by atoms with Gasteiger partial charge in [0.15, 0.2) is 5.60 Å². The van der Waals surface area contributed by atoms with Gasteiger partial charge in [0.2, 0.25) is 0 Å². The van der Waals surface area contributed by atoms with E-state index in [0.717, 1.165) is 35.4 Å². The number of carbonyl (C=O) groups excluding carboxylic acids is 1. The number of rotatable bonds is 0. The van der Waals surface area contributed by atoms with Gasteiger partial charge >= 0.3 is 5.97 Å². The quantitative estimate of drug-likeness (QED) is 0.452. The van der Waals surface area contributed by atoms with Crippen molar-refractivity contribution >= 4 is 11.7 Å². The predicted molar refractivity (Wildman–Crippen MR) is 90.9 cm³/mol. The first kappa shape index (κ1) is 13.9. The second-order valence-corrected chi connectivity index (χ2v) is 6.92. The zero-order valence-corrected chi connectivity index (χ0v) is 13.3. The monoisotopic (exact) mass is 318 g/mol. The molecule has 1 aliphatic carbocycles. The lowest BCUT2D eigenvalue weighted by molar-refractivity contribution is -0.194. The van der Waals surface area contributed by atoms with Gasteiger partial charge in [-0.15, -0.1) is 0 Å². The van der Waals surface area contributed by atoms with Gasteiger partial charge in [-0.05, 0) is 49.7 Å². The Hall–Kier alpha value is -2.51. The summed E-state index contributed by atoms with van der Waals surface area (Å²) in [5.41, 5.74) is 8.84. The fourth-order valence-electron chi connectivity index (χ4n) is 4.63. The van der Waals surface area contributed by atoms with Crippen LogP contribution in [-0.2, 0) is 9.53 Å². The number of carbonyl (C=O) groups is 1. The lowest BCUT2D eigenvalue weighted by Crippen LogP contribution is -2.76. The Balaban J connectivity index is 1.52. The zero-order valence-electron chi connectivity index (χ0n) is 13.3. The summed E-state index contributed by atoms with van der Waals surface area (Å²) in [6, 6.07) is 8.00. The van der Waals surface area contributed by atoms with Crippen molar-refractivity contribution < 1.29 is 9.53 Å². The van der Waals surface area contributed by atoms with Crippen LogP contribution in [0.4, 0.5) is 5.69 Å². The Morgan fingerprint density at radius 2 is 2.04 bits per heavy atom. The van der Waals surface area contributed by atoms with Gasteiger partial charge in [0.05, 0.1) is 12.1 Å². The van der Waals surface area contributed by atoms with Gasteiger partial charge in [0, 0.05) is 28.5 Å². The molecule has 2 saturated heterocycles. The highest BCUT2D eigenvalue weighted by Crippen LogP contribution is 2.57. The molecular formula is C20H18N2O2. The topological polar surface area (TPSA) is 55.6 Å². The van der Waals surface area contributed by atoms with Crippen molar-refractivity contribution in [2.75, 3.05) is 12.3 Å². The van der Waals surface area contributed by atoms with Crippen LogP contribution in [0.15, 0.2) is 47.6 Å². The lowest BCUT2D eigenvalue weighted by Gasteiger charge is -2.60. The Morgan fingerprint density at radius 1 is 1.21 bits per heavy atom. The third kappa shape index (κ3) is 1.71. The maximum absolute atomic E-state index is 12.0. The highest BCUT2D eigenvalue weighted by molar-refractivity contribution is 5.91. The van der Waals surface area contributed by atoms with Crippen LogP contribution in [0, 0.1) is 11.8 Å². The standard InChI is InChI=1S/C20H18N2O2/c21-15-8-5-13(6-9-15)4-7-14-11-18-20(16(14)12-19(23)24-20)17-3-1-2-10-22(17)18/h5-6,8-9,11-12,17-18H,1-3,10,21H2/t17-,18-,20?/m1/s1. The van der Waals surface area contributed by atoms with E-state index in [-0.39, 0.29) is 12.0 Å². The van der Waals surface area contributed by atoms with Crippen molar-refractivity contribution in [2.45, 2.75) is 36.9 Å². The molecule has 1 unspecified atom stereocenters. The summed E-state index contributed by atoms with van der Waals surface area (Å²) in [5, 5.41) is 0. The molecule has 0 aromatic heterocycles. The highest BCUT2D eigenvalue weighted by Gasteiger charge is 2.69. The maximum Gasteiger partial charge on any atom is 0.332 e. The fourth-order valence-corrected chi connectivity index (χ4v) is 4.63. The number of piperidine rings is 1. The van der Waals surface area contributed by atoms with E-state index in [4.69, 9.17) is 10.5 Å². The second-order valence-electron chi connectivity index (χ2n) is 6.92. The van der Waals surface area contributed by atoms with Crippen LogP contribution in [0.2, 0.25) is 0 Å². The van der Waals surface area contributed by atoms with Gasteiger partial charge < -0.3 is 10.5 Å². The Kier molecular flexibility index (Phi) is 2.75. The summed E-state index contributed by atoms with van der Waals surface area (Å²) >= 11 is 0. The van der Waals surface area contributed by atoms with Crippen LogP contribution in [0.5, 0.6) is 0 Å². The number of anilines is 1. The Labute approximate surface area is 141 Å². The van der Waals surface area contributed by atoms with Gasteiger partial charge in [-0.1, -0.05) is 18.3 Å². The van der Waals surface area contributed by atoms with E-state index in [0.29, 0.717) is 6.04 Å². The number of nitrogens with two attached hydrogens (primary N) is 1. The lowest BCUT2D eigenvalue weighted by atomic mass is 9.70. The molecule has 120 valence electrons. The first-order valence-electron chi connectivity index (χ1n) is 8.49. The predicted octanol–water partition coefficient (Wildman–Crippen LogP) is 2.02. The van der Waals surface area contributed by atoms with Gasteiger partial charge in [0.25, 0.3) is 0 Å². The van der Waals surface area contributed by atoms with E-state index >= 15 is 0 Å². The number of esters is 1. The van der Waals surface area contributed by atoms with E-state index in [1.54, 1.807) is 6.08 Å². The smallest absolute Gasteiger partial charge is 0.332 e. The average Bonchev–Trinajstić information content (AvgIpc) is 3.06. The molecule has 0 bridgehead atoms. The Bertz CT molecular complexity index is 856. The molecule has 0 amide bonds.